The van der Waals surface area contributed by atoms with Gasteiger partial charge < -0.3 is 10.2 Å². The Morgan fingerprint density at radius 2 is 1.92 bits per heavy atom. The van der Waals surface area contributed by atoms with Crippen LogP contribution in [0, 0.1) is 23.0 Å². The van der Waals surface area contributed by atoms with Gasteiger partial charge in [0.15, 0.2) is 0 Å². The Morgan fingerprint density at radius 1 is 1.15 bits per heavy atom. The average Bonchev–Trinajstić information content (AvgIpc) is 3.09. The maximum absolute atomic E-state index is 13.7. The van der Waals surface area contributed by atoms with Gasteiger partial charge in [0, 0.05) is 30.9 Å². The Labute approximate surface area is 148 Å². The number of halogens is 2. The highest BCUT2D eigenvalue weighted by Gasteiger charge is 2.27. The summed E-state index contributed by atoms with van der Waals surface area (Å²) >= 11 is 0. The zero-order chi connectivity index (χ0) is 18.7. The maximum Gasteiger partial charge on any atom is 0.264 e. The number of ketones is 1. The number of nitrogens with zero attached hydrogens (tertiary/aromatic N) is 2. The fraction of sp³-hybridized carbons (Fsp3) is 0.211. The summed E-state index contributed by atoms with van der Waals surface area (Å²) in [6, 6.07) is 10.9. The zero-order valence-electron chi connectivity index (χ0n) is 13.7. The molecule has 0 aliphatic carbocycles. The molecule has 5 nitrogen and oxygen atoms in total. The quantitative estimate of drug-likeness (QED) is 0.676. The van der Waals surface area contributed by atoms with Crippen molar-refractivity contribution < 1.29 is 18.4 Å². The van der Waals surface area contributed by atoms with E-state index in [-0.39, 0.29) is 11.6 Å². The second-order valence-electron chi connectivity index (χ2n) is 5.99. The van der Waals surface area contributed by atoms with Crippen molar-refractivity contribution in [2.45, 2.75) is 12.5 Å². The lowest BCUT2D eigenvalue weighted by Gasteiger charge is -2.21. The molecule has 1 saturated heterocycles. The van der Waals surface area contributed by atoms with E-state index >= 15 is 0 Å². The molecule has 0 aromatic heterocycles. The van der Waals surface area contributed by atoms with Crippen LogP contribution < -0.4 is 10.2 Å². The summed E-state index contributed by atoms with van der Waals surface area (Å²) in [6.45, 7) is 0.997. The Morgan fingerprint density at radius 3 is 2.65 bits per heavy atom. The number of rotatable bonds is 4. The van der Waals surface area contributed by atoms with Gasteiger partial charge in [-0.15, -0.1) is 0 Å². The van der Waals surface area contributed by atoms with Gasteiger partial charge in [-0.05, 0) is 30.7 Å². The third-order valence-corrected chi connectivity index (χ3v) is 4.29. The molecule has 0 unspecified atom stereocenters. The number of Topliss-reactive ketones (excluding diaryl/α,β-unsaturated/α-hetero) is 1. The van der Waals surface area contributed by atoms with E-state index in [1.807, 2.05) is 4.90 Å². The van der Waals surface area contributed by atoms with Gasteiger partial charge in [-0.25, -0.2) is 8.78 Å². The minimum Gasteiger partial charge on any atom is -0.369 e. The smallest absolute Gasteiger partial charge is 0.264 e. The summed E-state index contributed by atoms with van der Waals surface area (Å²) in [5.74, 6) is -2.90. The lowest BCUT2D eigenvalue weighted by Crippen LogP contribution is -2.37. The molecule has 1 heterocycles. The van der Waals surface area contributed by atoms with Gasteiger partial charge in [0.2, 0.25) is 0 Å². The van der Waals surface area contributed by atoms with Gasteiger partial charge in [-0.3, -0.25) is 9.59 Å². The van der Waals surface area contributed by atoms with Crippen LogP contribution in [0.3, 0.4) is 0 Å². The lowest BCUT2D eigenvalue weighted by molar-refractivity contribution is 0.0935. The number of anilines is 1. The minimum absolute atomic E-state index is 0.218. The van der Waals surface area contributed by atoms with Crippen molar-refractivity contribution in [3.8, 4) is 6.07 Å². The molecule has 0 saturated carbocycles. The zero-order valence-corrected chi connectivity index (χ0v) is 13.7. The van der Waals surface area contributed by atoms with E-state index in [1.54, 1.807) is 30.3 Å². The van der Waals surface area contributed by atoms with Gasteiger partial charge in [0.05, 0.1) is 11.1 Å². The SMILES string of the molecule is N#CC(=O)c1ccccc1N1CC[C@H](NC(=O)c2ccc(F)cc2F)C1. The van der Waals surface area contributed by atoms with Crippen LogP contribution >= 0.6 is 0 Å². The monoisotopic (exact) mass is 355 g/mol. The van der Waals surface area contributed by atoms with Crippen LogP contribution in [-0.2, 0) is 0 Å². The number of benzene rings is 2. The number of carbonyl (C=O) groups is 2. The van der Waals surface area contributed by atoms with E-state index in [0.717, 1.165) is 12.1 Å². The Bertz CT molecular complexity index is 908. The molecule has 1 fully saturated rings. The van der Waals surface area contributed by atoms with Crippen LogP contribution in [0.2, 0.25) is 0 Å². The number of hydrogen-bond donors (Lipinski definition) is 1. The summed E-state index contributed by atoms with van der Waals surface area (Å²) in [5.41, 5.74) is 0.722. The molecule has 0 bridgehead atoms. The van der Waals surface area contributed by atoms with Crippen molar-refractivity contribution in [3.63, 3.8) is 0 Å². The maximum atomic E-state index is 13.7. The van der Waals surface area contributed by atoms with E-state index in [0.29, 0.717) is 36.8 Å². The second-order valence-corrected chi connectivity index (χ2v) is 5.99. The molecule has 0 radical (unpaired) electrons. The first-order chi connectivity index (χ1) is 12.5. The van der Waals surface area contributed by atoms with Gasteiger partial charge in [-0.1, -0.05) is 12.1 Å². The van der Waals surface area contributed by atoms with Crippen molar-refractivity contribution in [3.05, 3.63) is 65.2 Å². The highest BCUT2D eigenvalue weighted by atomic mass is 19.1. The van der Waals surface area contributed by atoms with E-state index in [1.165, 1.54) is 0 Å². The number of nitrogens with one attached hydrogen (secondary N) is 1. The molecule has 132 valence electrons. The van der Waals surface area contributed by atoms with Crippen LogP contribution in [0.1, 0.15) is 27.1 Å². The molecule has 1 aliphatic heterocycles. The summed E-state index contributed by atoms with van der Waals surface area (Å²) in [7, 11) is 0. The Balaban J connectivity index is 1.71. The third kappa shape index (κ3) is 3.54. The normalized spacial score (nSPS) is 16.2. The molecule has 7 heteroatoms. The average molecular weight is 355 g/mol. The summed E-state index contributed by atoms with van der Waals surface area (Å²) < 4.78 is 26.7. The van der Waals surface area contributed by atoms with Crippen LogP contribution in [0.5, 0.6) is 0 Å². The highest BCUT2D eigenvalue weighted by molar-refractivity contribution is 6.11. The molecule has 3 rings (SSSR count). The van der Waals surface area contributed by atoms with Gasteiger partial charge in [0.25, 0.3) is 11.7 Å². The highest BCUT2D eigenvalue weighted by Crippen LogP contribution is 2.25. The van der Waals surface area contributed by atoms with Crippen molar-refractivity contribution in [2.24, 2.45) is 0 Å². The third-order valence-electron chi connectivity index (χ3n) is 4.29. The van der Waals surface area contributed by atoms with E-state index in [9.17, 15) is 18.4 Å². The summed E-state index contributed by atoms with van der Waals surface area (Å²) in [6.07, 6.45) is 0.601. The Hall–Kier alpha value is -3.27. The molecule has 1 atom stereocenters. The van der Waals surface area contributed by atoms with Crippen LogP contribution in [-0.4, -0.2) is 30.8 Å². The number of carbonyl (C=O) groups excluding carboxylic acids is 2. The molecular weight excluding hydrogens is 340 g/mol. The lowest BCUT2D eigenvalue weighted by atomic mass is 10.1. The molecule has 26 heavy (non-hydrogen) atoms. The minimum atomic E-state index is -0.915. The number of nitriles is 1. The van der Waals surface area contributed by atoms with E-state index in [4.69, 9.17) is 5.26 Å². The number of amides is 1. The van der Waals surface area contributed by atoms with Gasteiger partial charge in [0.1, 0.15) is 17.7 Å². The largest absolute Gasteiger partial charge is 0.369 e. The first kappa shape index (κ1) is 17.5. The standard InChI is InChI=1S/C19H15F2N3O2/c20-12-5-6-14(16(21)9-12)19(26)23-13-7-8-24(11-13)17-4-2-1-3-15(17)18(25)10-22/h1-6,9,13H,7-8,11H2,(H,23,26)/t13-/m0/s1. The molecule has 2 aromatic carbocycles. The molecule has 1 aliphatic rings. The molecule has 1 N–H and O–H groups in total. The van der Waals surface area contributed by atoms with Gasteiger partial charge in [-0.2, -0.15) is 5.26 Å². The number of para-hydroxylation sites is 1. The summed E-state index contributed by atoms with van der Waals surface area (Å²) in [4.78, 5) is 25.9. The first-order valence-electron chi connectivity index (χ1n) is 8.04. The fourth-order valence-electron chi connectivity index (χ4n) is 3.04. The van der Waals surface area contributed by atoms with Crippen molar-refractivity contribution in [2.75, 3.05) is 18.0 Å². The van der Waals surface area contributed by atoms with Crippen molar-refractivity contribution >= 4 is 17.4 Å². The topological polar surface area (TPSA) is 73.2 Å². The molecular formula is C19H15F2N3O2. The molecule has 2 aromatic rings. The summed E-state index contributed by atoms with van der Waals surface area (Å²) in [5, 5.41) is 11.6. The van der Waals surface area contributed by atoms with Crippen LogP contribution in [0.25, 0.3) is 0 Å². The molecule has 0 spiro atoms. The second kappa shape index (κ2) is 7.31. The number of hydrogen-bond acceptors (Lipinski definition) is 4. The van der Waals surface area contributed by atoms with Crippen molar-refractivity contribution in [1.82, 2.24) is 5.32 Å². The van der Waals surface area contributed by atoms with E-state index in [2.05, 4.69) is 5.32 Å². The van der Waals surface area contributed by atoms with E-state index < -0.39 is 23.3 Å². The van der Waals surface area contributed by atoms with Crippen LogP contribution in [0.4, 0.5) is 14.5 Å². The predicted molar refractivity (Wildman–Crippen MR) is 90.8 cm³/mol. The molecule has 1 amide bonds. The van der Waals surface area contributed by atoms with Crippen molar-refractivity contribution in [1.29, 1.82) is 5.26 Å². The van der Waals surface area contributed by atoms with Crippen LogP contribution in [0.15, 0.2) is 42.5 Å². The van der Waals surface area contributed by atoms with Gasteiger partial charge >= 0.3 is 0 Å². The Kier molecular flexibility index (Phi) is 4.94. The fourth-order valence-corrected chi connectivity index (χ4v) is 3.04. The predicted octanol–water partition coefficient (Wildman–Crippen LogP) is 2.68. The first-order valence-corrected chi connectivity index (χ1v) is 8.04.